The number of hydrogen-bond acceptors (Lipinski definition) is 5. The molecule has 1 atom stereocenters. The van der Waals surface area contributed by atoms with Crippen molar-refractivity contribution in [2.75, 3.05) is 13.1 Å². The monoisotopic (exact) mass is 499 g/mol. The average Bonchev–Trinajstić information content (AvgIpc) is 3.01. The maximum Gasteiger partial charge on any atom is 0.269 e. The van der Waals surface area contributed by atoms with E-state index < -0.39 is 27.9 Å². The summed E-state index contributed by atoms with van der Waals surface area (Å²) in [6.07, 6.45) is 0.173. The fraction of sp³-hybridized carbons (Fsp3) is 0.423. The Morgan fingerprint density at radius 1 is 1.09 bits per heavy atom. The molecule has 3 amide bonds. The van der Waals surface area contributed by atoms with Crippen LogP contribution < -0.4 is 5.32 Å². The molecule has 0 saturated heterocycles. The van der Waals surface area contributed by atoms with E-state index in [1.165, 1.54) is 17.0 Å². The van der Waals surface area contributed by atoms with Crippen LogP contribution in [0.2, 0.25) is 0 Å². The molecule has 0 bridgehead atoms. The smallest absolute Gasteiger partial charge is 0.269 e. The highest BCUT2D eigenvalue weighted by Crippen LogP contribution is 2.30. The molecule has 0 fully saturated rings. The van der Waals surface area contributed by atoms with Gasteiger partial charge in [-0.2, -0.15) is 0 Å². The highest BCUT2D eigenvalue weighted by atomic mass is 32.2. The van der Waals surface area contributed by atoms with E-state index >= 15 is 0 Å². The molecule has 35 heavy (non-hydrogen) atoms. The van der Waals surface area contributed by atoms with Crippen molar-refractivity contribution in [2.24, 2.45) is 5.92 Å². The van der Waals surface area contributed by atoms with Crippen LogP contribution in [0.1, 0.15) is 55.1 Å². The number of rotatable bonds is 10. The molecule has 1 heterocycles. The van der Waals surface area contributed by atoms with E-state index in [-0.39, 0.29) is 41.8 Å². The molecule has 9 heteroatoms. The summed E-state index contributed by atoms with van der Waals surface area (Å²) in [5.74, 6) is -1.03. The lowest BCUT2D eigenvalue weighted by molar-refractivity contribution is -0.141. The van der Waals surface area contributed by atoms with Crippen molar-refractivity contribution >= 4 is 27.7 Å². The van der Waals surface area contributed by atoms with E-state index in [0.717, 1.165) is 15.4 Å². The van der Waals surface area contributed by atoms with Gasteiger partial charge in [0, 0.05) is 26.1 Å². The Labute approximate surface area is 207 Å². The molecule has 1 N–H and O–H groups in total. The molecule has 1 aliphatic rings. The molecular weight excluding hydrogens is 466 g/mol. The van der Waals surface area contributed by atoms with Gasteiger partial charge in [-0.1, -0.05) is 62.7 Å². The summed E-state index contributed by atoms with van der Waals surface area (Å²) in [7, 11) is -4.01. The van der Waals surface area contributed by atoms with Crippen LogP contribution in [0.3, 0.4) is 0 Å². The quantitative estimate of drug-likeness (QED) is 0.541. The zero-order chi connectivity index (χ0) is 25.8. The van der Waals surface area contributed by atoms with Gasteiger partial charge in [0.25, 0.3) is 15.9 Å². The van der Waals surface area contributed by atoms with Crippen LogP contribution in [0.25, 0.3) is 0 Å². The second-order valence-corrected chi connectivity index (χ2v) is 11.0. The lowest BCUT2D eigenvalue weighted by Gasteiger charge is -2.31. The number of aryl methyl sites for hydroxylation is 1. The Balaban J connectivity index is 1.82. The van der Waals surface area contributed by atoms with E-state index in [9.17, 15) is 22.8 Å². The van der Waals surface area contributed by atoms with E-state index in [1.807, 2.05) is 52.0 Å². The third-order valence-electron chi connectivity index (χ3n) is 5.95. The number of fused-ring (bicyclic) bond motifs is 1. The number of carbonyl (C=O) groups excluding carboxylic acids is 3. The second kappa shape index (κ2) is 11.0. The van der Waals surface area contributed by atoms with Crippen LogP contribution >= 0.6 is 0 Å². The van der Waals surface area contributed by atoms with Gasteiger partial charge >= 0.3 is 0 Å². The van der Waals surface area contributed by atoms with Gasteiger partial charge in [-0.05, 0) is 37.0 Å². The number of hydrogen-bond donors (Lipinski definition) is 1. The second-order valence-electron chi connectivity index (χ2n) is 9.20. The van der Waals surface area contributed by atoms with Crippen molar-refractivity contribution in [2.45, 2.75) is 58.0 Å². The molecule has 0 aromatic heterocycles. The molecule has 1 aliphatic heterocycles. The molecule has 0 unspecified atom stereocenters. The minimum absolute atomic E-state index is 0.0476. The molecule has 0 saturated carbocycles. The van der Waals surface area contributed by atoms with Gasteiger partial charge in [0.2, 0.25) is 11.8 Å². The van der Waals surface area contributed by atoms with Crippen LogP contribution in [-0.4, -0.2) is 54.5 Å². The highest BCUT2D eigenvalue weighted by molar-refractivity contribution is 7.90. The van der Waals surface area contributed by atoms with Crippen molar-refractivity contribution in [3.8, 4) is 0 Å². The van der Waals surface area contributed by atoms with Crippen molar-refractivity contribution in [3.63, 3.8) is 0 Å². The molecule has 0 radical (unpaired) electrons. The van der Waals surface area contributed by atoms with Crippen molar-refractivity contribution in [3.05, 3.63) is 65.2 Å². The van der Waals surface area contributed by atoms with Crippen molar-refractivity contribution < 1.29 is 22.8 Å². The Morgan fingerprint density at radius 2 is 1.80 bits per heavy atom. The maximum absolute atomic E-state index is 13.4. The van der Waals surface area contributed by atoms with E-state index in [4.69, 9.17) is 0 Å². The Kier molecular flexibility index (Phi) is 8.32. The van der Waals surface area contributed by atoms with Gasteiger partial charge in [-0.3, -0.25) is 14.4 Å². The molecule has 0 aliphatic carbocycles. The summed E-state index contributed by atoms with van der Waals surface area (Å²) < 4.78 is 26.5. The van der Waals surface area contributed by atoms with E-state index in [1.54, 1.807) is 12.1 Å². The Bertz CT molecular complexity index is 1210. The summed E-state index contributed by atoms with van der Waals surface area (Å²) >= 11 is 0. The van der Waals surface area contributed by atoms with Crippen LogP contribution in [0, 0.1) is 12.8 Å². The number of carbonyl (C=O) groups is 3. The summed E-state index contributed by atoms with van der Waals surface area (Å²) in [6, 6.07) is 13.0. The van der Waals surface area contributed by atoms with Gasteiger partial charge in [0.15, 0.2) is 0 Å². The van der Waals surface area contributed by atoms with Crippen LogP contribution in [0.15, 0.2) is 53.4 Å². The first-order chi connectivity index (χ1) is 16.6. The fourth-order valence-electron chi connectivity index (χ4n) is 4.14. The topological polar surface area (TPSA) is 104 Å². The highest BCUT2D eigenvalue weighted by Gasteiger charge is 2.41. The summed E-state index contributed by atoms with van der Waals surface area (Å²) in [4.78, 5) is 40.6. The zero-order valence-electron chi connectivity index (χ0n) is 20.7. The first-order valence-electron chi connectivity index (χ1n) is 11.8. The lowest BCUT2D eigenvalue weighted by Crippen LogP contribution is -2.50. The number of nitrogens with zero attached hydrogens (tertiary/aromatic N) is 2. The first kappa shape index (κ1) is 26.4. The van der Waals surface area contributed by atoms with Crippen LogP contribution in [0.4, 0.5) is 0 Å². The zero-order valence-corrected chi connectivity index (χ0v) is 21.5. The SMILES string of the molecule is CC[C@H](C(=O)NCC(C)C)N(Cc1cccc(C)c1)C(=O)CCN1C(=O)c2ccccc2S1(=O)=O. The minimum atomic E-state index is -4.01. The van der Waals surface area contributed by atoms with Gasteiger partial charge in [0.05, 0.1) is 5.56 Å². The summed E-state index contributed by atoms with van der Waals surface area (Å²) in [6.45, 7) is 8.16. The third-order valence-corrected chi connectivity index (χ3v) is 7.79. The number of sulfonamides is 1. The number of nitrogens with one attached hydrogen (secondary N) is 1. The average molecular weight is 500 g/mol. The normalized spacial score (nSPS) is 15.1. The molecule has 188 valence electrons. The standard InChI is InChI=1S/C26H33N3O5S/c1-5-22(25(31)27-16-18(2)3)28(17-20-10-8-9-19(4)15-20)24(30)13-14-29-26(32)21-11-6-7-12-23(21)35(29,33)34/h6-12,15,18,22H,5,13-14,16-17H2,1-4H3,(H,27,31)/t22-/m1/s1. The summed E-state index contributed by atoms with van der Waals surface area (Å²) in [5, 5.41) is 2.90. The lowest BCUT2D eigenvalue weighted by atomic mass is 10.1. The van der Waals surface area contributed by atoms with Gasteiger partial charge < -0.3 is 10.2 Å². The largest absolute Gasteiger partial charge is 0.354 e. The molecule has 0 spiro atoms. The number of amides is 3. The molecule has 2 aromatic carbocycles. The maximum atomic E-state index is 13.4. The molecular formula is C26H33N3O5S. The molecule has 8 nitrogen and oxygen atoms in total. The van der Waals surface area contributed by atoms with Gasteiger partial charge in [0.1, 0.15) is 10.9 Å². The van der Waals surface area contributed by atoms with Crippen molar-refractivity contribution in [1.29, 1.82) is 0 Å². The van der Waals surface area contributed by atoms with E-state index in [0.29, 0.717) is 13.0 Å². The minimum Gasteiger partial charge on any atom is -0.354 e. The first-order valence-corrected chi connectivity index (χ1v) is 13.3. The Morgan fingerprint density at radius 3 is 2.43 bits per heavy atom. The van der Waals surface area contributed by atoms with Gasteiger partial charge in [-0.25, -0.2) is 12.7 Å². The fourth-order valence-corrected chi connectivity index (χ4v) is 5.71. The predicted octanol–water partition coefficient (Wildman–Crippen LogP) is 3.11. The molecule has 3 rings (SSSR count). The van der Waals surface area contributed by atoms with Crippen LogP contribution in [0.5, 0.6) is 0 Å². The van der Waals surface area contributed by atoms with Crippen molar-refractivity contribution in [1.82, 2.24) is 14.5 Å². The Hall–Kier alpha value is -3.20. The summed E-state index contributed by atoms with van der Waals surface area (Å²) in [5.41, 5.74) is 2.00. The molecule has 2 aromatic rings. The van der Waals surface area contributed by atoms with E-state index in [2.05, 4.69) is 5.32 Å². The number of benzene rings is 2. The predicted molar refractivity (Wildman–Crippen MR) is 133 cm³/mol. The van der Waals surface area contributed by atoms with Gasteiger partial charge in [-0.15, -0.1) is 0 Å². The third kappa shape index (κ3) is 5.90. The van der Waals surface area contributed by atoms with Crippen LogP contribution in [-0.2, 0) is 26.2 Å².